The highest BCUT2D eigenvalue weighted by atomic mass is 35.5. The summed E-state index contributed by atoms with van der Waals surface area (Å²) in [5.74, 6) is -0.0445. The highest BCUT2D eigenvalue weighted by Gasteiger charge is 2.43. The molecule has 2 aromatic carbocycles. The number of fused-ring (bicyclic) bond motifs is 1. The summed E-state index contributed by atoms with van der Waals surface area (Å²) in [6.45, 7) is -0.170. The molecule has 142 valence electrons. The molecular weight excluding hydrogens is 411 g/mol. The molecule has 0 spiro atoms. The summed E-state index contributed by atoms with van der Waals surface area (Å²) < 4.78 is 34.3. The van der Waals surface area contributed by atoms with E-state index in [1.165, 1.54) is 12.1 Å². The van der Waals surface area contributed by atoms with Gasteiger partial charge in [0, 0.05) is 11.1 Å². The summed E-state index contributed by atoms with van der Waals surface area (Å²) in [5, 5.41) is 3.21. The Morgan fingerprint density at radius 1 is 1.11 bits per heavy atom. The number of hydrogen-bond acceptors (Lipinski definition) is 4. The van der Waals surface area contributed by atoms with E-state index in [0.29, 0.717) is 23.6 Å². The molecule has 4 rings (SSSR count). The number of nitrogens with one attached hydrogen (secondary N) is 2. The highest BCUT2D eigenvalue weighted by Crippen LogP contribution is 2.44. The summed E-state index contributed by atoms with van der Waals surface area (Å²) in [7, 11) is -3.92. The molecule has 27 heavy (non-hydrogen) atoms. The third-order valence-corrected chi connectivity index (χ3v) is 7.14. The van der Waals surface area contributed by atoms with Crippen LogP contribution in [0.25, 0.3) is 0 Å². The summed E-state index contributed by atoms with van der Waals surface area (Å²) >= 11 is 12.2. The van der Waals surface area contributed by atoms with Crippen LogP contribution >= 0.6 is 23.2 Å². The van der Waals surface area contributed by atoms with E-state index >= 15 is 0 Å². The molecule has 0 bridgehead atoms. The van der Waals surface area contributed by atoms with Crippen molar-refractivity contribution < 1.29 is 17.9 Å². The Bertz CT molecular complexity index is 1020. The molecule has 0 unspecified atom stereocenters. The third-order valence-electron chi connectivity index (χ3n) is 4.89. The second-order valence-corrected chi connectivity index (χ2v) is 9.16. The first-order chi connectivity index (χ1) is 12.8. The molecular formula is C18H16Cl2N2O4S. The minimum absolute atomic E-state index is 0.0117. The average Bonchev–Trinajstić information content (AvgIpc) is 2.58. The Labute approximate surface area is 166 Å². The largest absolute Gasteiger partial charge is 0.482 e. The molecule has 9 heteroatoms. The molecule has 1 aliphatic carbocycles. The van der Waals surface area contributed by atoms with Crippen molar-refractivity contribution in [2.45, 2.75) is 29.7 Å². The van der Waals surface area contributed by atoms with E-state index < -0.39 is 15.6 Å². The smallest absolute Gasteiger partial charge is 0.262 e. The molecule has 2 aromatic rings. The Hall–Kier alpha value is -1.80. The van der Waals surface area contributed by atoms with Gasteiger partial charge in [-0.2, -0.15) is 0 Å². The first kappa shape index (κ1) is 18.6. The molecule has 0 aromatic heterocycles. The van der Waals surface area contributed by atoms with Crippen molar-refractivity contribution in [1.29, 1.82) is 0 Å². The molecule has 0 saturated heterocycles. The minimum Gasteiger partial charge on any atom is -0.482 e. The van der Waals surface area contributed by atoms with Gasteiger partial charge in [-0.15, -0.1) is 0 Å². The van der Waals surface area contributed by atoms with Gasteiger partial charge in [-0.25, -0.2) is 13.1 Å². The molecule has 1 heterocycles. The van der Waals surface area contributed by atoms with E-state index in [2.05, 4.69) is 10.0 Å². The lowest BCUT2D eigenvalue weighted by Crippen LogP contribution is -2.50. The Morgan fingerprint density at radius 2 is 1.81 bits per heavy atom. The van der Waals surface area contributed by atoms with E-state index in [9.17, 15) is 13.2 Å². The Kier molecular flexibility index (Phi) is 4.58. The third kappa shape index (κ3) is 3.40. The number of benzene rings is 2. The van der Waals surface area contributed by atoms with Gasteiger partial charge >= 0.3 is 0 Å². The summed E-state index contributed by atoms with van der Waals surface area (Å²) in [5.41, 5.74) is 0.531. The maximum Gasteiger partial charge on any atom is 0.262 e. The second-order valence-electron chi connectivity index (χ2n) is 6.66. The minimum atomic E-state index is -3.92. The molecule has 1 saturated carbocycles. The number of carbonyl (C=O) groups excluding carboxylic acids is 1. The lowest BCUT2D eigenvalue weighted by Gasteiger charge is -2.42. The molecule has 6 nitrogen and oxygen atoms in total. The first-order valence-corrected chi connectivity index (χ1v) is 10.6. The molecule has 1 fully saturated rings. The van der Waals surface area contributed by atoms with Crippen molar-refractivity contribution in [1.82, 2.24) is 4.72 Å². The fraction of sp³-hybridized carbons (Fsp3) is 0.278. The zero-order chi connectivity index (χ0) is 19.2. The van der Waals surface area contributed by atoms with E-state index in [-0.39, 0.29) is 28.2 Å². The second kappa shape index (κ2) is 6.67. The number of sulfonamides is 1. The van der Waals surface area contributed by atoms with E-state index in [4.69, 9.17) is 27.9 Å². The Balaban J connectivity index is 1.69. The van der Waals surface area contributed by atoms with Gasteiger partial charge in [0.25, 0.3) is 5.91 Å². The van der Waals surface area contributed by atoms with Crippen LogP contribution in [0.2, 0.25) is 10.0 Å². The van der Waals surface area contributed by atoms with Crippen LogP contribution < -0.4 is 14.8 Å². The number of hydrogen-bond donors (Lipinski definition) is 2. The molecule has 2 N–H and O–H groups in total. The summed E-state index contributed by atoms with van der Waals surface area (Å²) in [4.78, 5) is 11.3. The van der Waals surface area contributed by atoms with Gasteiger partial charge in [0.2, 0.25) is 10.0 Å². The number of ether oxygens (including phenoxy) is 1. The van der Waals surface area contributed by atoms with Gasteiger partial charge in [0.1, 0.15) is 10.6 Å². The van der Waals surface area contributed by atoms with Crippen LogP contribution in [0.5, 0.6) is 5.75 Å². The number of halogens is 2. The van der Waals surface area contributed by atoms with Crippen molar-refractivity contribution in [2.24, 2.45) is 0 Å². The van der Waals surface area contributed by atoms with Gasteiger partial charge < -0.3 is 10.1 Å². The molecule has 0 atom stereocenters. The first-order valence-electron chi connectivity index (χ1n) is 8.35. The normalized spacial score (nSPS) is 18.1. The number of anilines is 1. The number of carbonyl (C=O) groups is 1. The predicted octanol–water partition coefficient (Wildman–Crippen LogP) is 3.68. The van der Waals surface area contributed by atoms with Gasteiger partial charge in [0.05, 0.1) is 16.2 Å². The molecule has 2 aliphatic rings. The fourth-order valence-electron chi connectivity index (χ4n) is 3.35. The van der Waals surface area contributed by atoms with Gasteiger partial charge in [-0.05, 0) is 43.0 Å². The van der Waals surface area contributed by atoms with Crippen LogP contribution in [-0.2, 0) is 20.4 Å². The zero-order valence-electron chi connectivity index (χ0n) is 14.1. The standard InChI is InChI=1S/C18H16Cl2N2O4S/c19-12-4-2-11(3-5-12)18(6-1-7-18)22-27(24,25)16-9-15-14(8-13(16)20)21-17(23)10-26-15/h2-5,8-9,22H,1,6-7,10H2,(H,21,23). The fourth-order valence-corrected chi connectivity index (χ4v) is 5.47. The predicted molar refractivity (Wildman–Crippen MR) is 103 cm³/mol. The zero-order valence-corrected chi connectivity index (χ0v) is 16.4. The van der Waals surface area contributed by atoms with Gasteiger partial charge in [-0.3, -0.25) is 4.79 Å². The van der Waals surface area contributed by atoms with Crippen molar-refractivity contribution >= 4 is 44.8 Å². The lowest BCUT2D eigenvalue weighted by molar-refractivity contribution is -0.118. The van der Waals surface area contributed by atoms with E-state index in [0.717, 1.165) is 12.0 Å². The van der Waals surface area contributed by atoms with E-state index in [1.807, 2.05) is 12.1 Å². The van der Waals surface area contributed by atoms with Gasteiger partial charge in [-0.1, -0.05) is 35.3 Å². The molecule has 0 radical (unpaired) electrons. The number of amides is 1. The van der Waals surface area contributed by atoms with Crippen LogP contribution in [0.15, 0.2) is 41.3 Å². The van der Waals surface area contributed by atoms with Crippen molar-refractivity contribution in [3.05, 3.63) is 52.0 Å². The summed E-state index contributed by atoms with van der Waals surface area (Å²) in [6, 6.07) is 9.88. The number of rotatable bonds is 4. The van der Waals surface area contributed by atoms with Crippen LogP contribution in [0.4, 0.5) is 5.69 Å². The van der Waals surface area contributed by atoms with Crippen molar-refractivity contribution in [2.75, 3.05) is 11.9 Å². The SMILES string of the molecule is O=C1COc2cc(S(=O)(=O)NC3(c4ccc(Cl)cc4)CCC3)c(Cl)cc2N1. The lowest BCUT2D eigenvalue weighted by atomic mass is 9.73. The van der Waals surface area contributed by atoms with Crippen LogP contribution in [0.3, 0.4) is 0 Å². The average molecular weight is 427 g/mol. The van der Waals surface area contributed by atoms with Crippen molar-refractivity contribution in [3.8, 4) is 5.75 Å². The quantitative estimate of drug-likeness (QED) is 0.780. The van der Waals surface area contributed by atoms with Crippen LogP contribution in [0, 0.1) is 0 Å². The summed E-state index contributed by atoms with van der Waals surface area (Å²) in [6.07, 6.45) is 2.28. The maximum absolute atomic E-state index is 13.1. The van der Waals surface area contributed by atoms with Gasteiger partial charge in [0.15, 0.2) is 6.61 Å². The molecule has 1 amide bonds. The Morgan fingerprint density at radius 3 is 2.44 bits per heavy atom. The van der Waals surface area contributed by atoms with Crippen LogP contribution in [0.1, 0.15) is 24.8 Å². The topological polar surface area (TPSA) is 84.5 Å². The highest BCUT2D eigenvalue weighted by molar-refractivity contribution is 7.89. The van der Waals surface area contributed by atoms with Crippen LogP contribution in [-0.4, -0.2) is 20.9 Å². The maximum atomic E-state index is 13.1. The monoisotopic (exact) mass is 426 g/mol. The molecule has 1 aliphatic heterocycles. The van der Waals surface area contributed by atoms with Crippen molar-refractivity contribution in [3.63, 3.8) is 0 Å². The van der Waals surface area contributed by atoms with E-state index in [1.54, 1.807) is 12.1 Å².